The quantitative estimate of drug-likeness (QED) is 0.0991. The Morgan fingerprint density at radius 3 is 2.44 bits per heavy atom. The molecular formula is C36H43N3O5S. The number of amides is 1. The first-order valence-electron chi connectivity index (χ1n) is 15.4. The van der Waals surface area contributed by atoms with E-state index in [0.29, 0.717) is 36.8 Å². The van der Waals surface area contributed by atoms with E-state index in [4.69, 9.17) is 14.2 Å². The SMILES string of the molecule is CCCCOCCOc1ccc(-c2ccc(OC)c(/C=C/C(=O)Nc3ccc([S@@](=O)CCc4c(C)ncn4CC)cc3)c2)cc1. The molecule has 1 amide bonds. The van der Waals surface area contributed by atoms with Gasteiger partial charge in [-0.2, -0.15) is 0 Å². The van der Waals surface area contributed by atoms with Crippen molar-refractivity contribution in [3.8, 4) is 22.6 Å². The Kier molecular flexibility index (Phi) is 13.0. The van der Waals surface area contributed by atoms with Crippen LogP contribution in [0.2, 0.25) is 0 Å². The predicted molar refractivity (Wildman–Crippen MR) is 181 cm³/mol. The zero-order chi connectivity index (χ0) is 32.0. The Morgan fingerprint density at radius 2 is 1.73 bits per heavy atom. The highest BCUT2D eigenvalue weighted by Gasteiger charge is 2.11. The maximum absolute atomic E-state index is 12.9. The molecule has 1 heterocycles. The van der Waals surface area contributed by atoms with Gasteiger partial charge in [-0.15, -0.1) is 0 Å². The highest BCUT2D eigenvalue weighted by atomic mass is 32.2. The second-order valence-electron chi connectivity index (χ2n) is 10.5. The molecule has 4 rings (SSSR count). The van der Waals surface area contributed by atoms with Crippen molar-refractivity contribution in [1.29, 1.82) is 0 Å². The van der Waals surface area contributed by atoms with E-state index in [0.717, 1.165) is 64.7 Å². The Labute approximate surface area is 268 Å². The average Bonchev–Trinajstić information content (AvgIpc) is 3.43. The summed E-state index contributed by atoms with van der Waals surface area (Å²) < 4.78 is 31.9. The maximum Gasteiger partial charge on any atom is 0.248 e. The Bertz CT molecular complexity index is 1580. The third-order valence-corrected chi connectivity index (χ3v) is 8.75. The Balaban J connectivity index is 1.32. The summed E-state index contributed by atoms with van der Waals surface area (Å²) in [5.41, 5.74) is 5.50. The summed E-state index contributed by atoms with van der Waals surface area (Å²) >= 11 is 0. The first kappa shape index (κ1) is 33.7. The number of benzene rings is 3. The average molecular weight is 630 g/mol. The molecule has 4 aromatic rings. The number of nitrogens with zero attached hydrogens (tertiary/aromatic N) is 2. The van der Waals surface area contributed by atoms with Crippen molar-refractivity contribution in [3.63, 3.8) is 0 Å². The van der Waals surface area contributed by atoms with E-state index < -0.39 is 10.8 Å². The van der Waals surface area contributed by atoms with E-state index >= 15 is 0 Å². The molecule has 0 spiro atoms. The first-order chi connectivity index (χ1) is 21.9. The van der Waals surface area contributed by atoms with Crippen molar-refractivity contribution in [2.75, 3.05) is 38.0 Å². The summed E-state index contributed by atoms with van der Waals surface area (Å²) in [7, 11) is 0.450. The molecule has 0 bridgehead atoms. The summed E-state index contributed by atoms with van der Waals surface area (Å²) in [6, 6.07) is 20.9. The van der Waals surface area contributed by atoms with Crippen molar-refractivity contribution < 1.29 is 23.2 Å². The number of carbonyl (C=O) groups excluding carboxylic acids is 1. The molecule has 0 aliphatic carbocycles. The topological polar surface area (TPSA) is 91.7 Å². The zero-order valence-corrected chi connectivity index (χ0v) is 27.4. The van der Waals surface area contributed by atoms with E-state index in [1.165, 1.54) is 6.08 Å². The van der Waals surface area contributed by atoms with Crippen molar-refractivity contribution in [3.05, 3.63) is 96.1 Å². The Morgan fingerprint density at radius 1 is 0.978 bits per heavy atom. The van der Waals surface area contributed by atoms with Crippen LogP contribution in [-0.2, 0) is 33.3 Å². The maximum atomic E-state index is 12.9. The Hall–Kier alpha value is -4.21. The lowest BCUT2D eigenvalue weighted by Crippen LogP contribution is -2.09. The number of hydrogen-bond donors (Lipinski definition) is 1. The van der Waals surface area contributed by atoms with Gasteiger partial charge in [-0.25, -0.2) is 4.98 Å². The van der Waals surface area contributed by atoms with Gasteiger partial charge >= 0.3 is 0 Å². The van der Waals surface area contributed by atoms with Crippen LogP contribution in [0.15, 0.2) is 84.0 Å². The molecular weight excluding hydrogens is 586 g/mol. The minimum Gasteiger partial charge on any atom is -0.496 e. The molecule has 45 heavy (non-hydrogen) atoms. The molecule has 0 radical (unpaired) electrons. The number of aryl methyl sites for hydroxylation is 2. The number of carbonyl (C=O) groups is 1. The predicted octanol–water partition coefficient (Wildman–Crippen LogP) is 7.08. The van der Waals surface area contributed by atoms with Gasteiger partial charge in [0.15, 0.2) is 0 Å². The largest absolute Gasteiger partial charge is 0.496 e. The van der Waals surface area contributed by atoms with Crippen molar-refractivity contribution in [2.45, 2.75) is 51.5 Å². The van der Waals surface area contributed by atoms with E-state index in [1.807, 2.05) is 55.7 Å². The summed E-state index contributed by atoms with van der Waals surface area (Å²) in [5, 5.41) is 2.88. The van der Waals surface area contributed by atoms with Gasteiger partial charge in [0, 0.05) is 53.2 Å². The van der Waals surface area contributed by atoms with E-state index in [9.17, 15) is 9.00 Å². The number of hydrogen-bond acceptors (Lipinski definition) is 6. The highest BCUT2D eigenvalue weighted by molar-refractivity contribution is 7.85. The van der Waals surface area contributed by atoms with Gasteiger partial charge in [-0.05, 0) is 86.0 Å². The summed E-state index contributed by atoms with van der Waals surface area (Å²) in [4.78, 5) is 17.8. The number of methoxy groups -OCH3 is 1. The van der Waals surface area contributed by atoms with Gasteiger partial charge in [0.1, 0.15) is 18.1 Å². The van der Waals surface area contributed by atoms with Crippen LogP contribution in [0.5, 0.6) is 11.5 Å². The molecule has 9 heteroatoms. The third kappa shape index (κ3) is 9.89. The van der Waals surface area contributed by atoms with Crippen LogP contribution in [0.3, 0.4) is 0 Å². The van der Waals surface area contributed by atoms with Crippen molar-refractivity contribution in [2.24, 2.45) is 0 Å². The third-order valence-electron chi connectivity index (χ3n) is 7.38. The standard InChI is InChI=1S/C36H43N3O5S/c1-5-7-21-43-22-23-44-32-14-8-28(9-15-32)29-10-18-35(42-4)30(25-29)11-19-36(40)38-31-12-16-33(17-13-31)45(41)24-20-34-27(3)37-26-39(34)6-2/h8-19,25-26H,5-7,20-24H2,1-4H3,(H,38,40)/b19-11+/t45-/m0/s1. The summed E-state index contributed by atoms with van der Waals surface area (Å²) in [6.45, 7) is 8.87. The molecule has 238 valence electrons. The fourth-order valence-corrected chi connectivity index (χ4v) is 5.86. The van der Waals surface area contributed by atoms with Crippen molar-refractivity contribution >= 4 is 28.5 Å². The minimum atomic E-state index is -1.16. The zero-order valence-electron chi connectivity index (χ0n) is 26.6. The molecule has 0 aliphatic rings. The normalized spacial score (nSPS) is 11.9. The van der Waals surface area contributed by atoms with Crippen LogP contribution in [0.1, 0.15) is 43.6 Å². The van der Waals surface area contributed by atoms with Gasteiger partial charge in [0.05, 0.1) is 36.5 Å². The number of rotatable bonds is 17. The second kappa shape index (κ2) is 17.3. The second-order valence-corrected chi connectivity index (χ2v) is 12.1. The van der Waals surface area contributed by atoms with Gasteiger partial charge in [0.2, 0.25) is 5.91 Å². The molecule has 3 aromatic carbocycles. The van der Waals surface area contributed by atoms with Crippen LogP contribution < -0.4 is 14.8 Å². The molecule has 0 saturated heterocycles. The smallest absolute Gasteiger partial charge is 0.248 e. The van der Waals surface area contributed by atoms with Crippen LogP contribution in [0, 0.1) is 6.92 Å². The number of ether oxygens (including phenoxy) is 3. The van der Waals surface area contributed by atoms with E-state index in [-0.39, 0.29) is 5.91 Å². The van der Waals surface area contributed by atoms with Crippen LogP contribution >= 0.6 is 0 Å². The molecule has 0 aliphatic heterocycles. The van der Waals surface area contributed by atoms with Crippen LogP contribution in [0.25, 0.3) is 17.2 Å². The fourth-order valence-electron chi connectivity index (χ4n) is 4.81. The number of aromatic nitrogens is 2. The van der Waals surface area contributed by atoms with Gasteiger partial charge in [-0.1, -0.05) is 31.5 Å². The van der Waals surface area contributed by atoms with E-state index in [2.05, 4.69) is 28.7 Å². The van der Waals surface area contributed by atoms with Crippen LogP contribution in [-0.4, -0.2) is 52.4 Å². The van der Waals surface area contributed by atoms with E-state index in [1.54, 1.807) is 37.5 Å². The lowest BCUT2D eigenvalue weighted by molar-refractivity contribution is -0.111. The molecule has 0 fully saturated rings. The lowest BCUT2D eigenvalue weighted by Gasteiger charge is -2.10. The molecule has 0 saturated carbocycles. The number of imidazole rings is 1. The highest BCUT2D eigenvalue weighted by Crippen LogP contribution is 2.29. The van der Waals surface area contributed by atoms with Gasteiger partial charge < -0.3 is 24.1 Å². The first-order valence-corrected chi connectivity index (χ1v) is 16.7. The molecule has 1 atom stereocenters. The summed E-state index contributed by atoms with van der Waals surface area (Å²) in [6.07, 6.45) is 7.91. The molecule has 1 N–H and O–H groups in total. The minimum absolute atomic E-state index is 0.278. The molecule has 1 aromatic heterocycles. The molecule has 8 nitrogen and oxygen atoms in total. The van der Waals surface area contributed by atoms with Crippen LogP contribution in [0.4, 0.5) is 5.69 Å². The fraction of sp³-hybridized carbons (Fsp3) is 0.333. The monoisotopic (exact) mass is 629 g/mol. The number of unbranched alkanes of at least 4 members (excludes halogenated alkanes) is 1. The number of nitrogens with one attached hydrogen (secondary N) is 1. The molecule has 0 unspecified atom stereocenters. The lowest BCUT2D eigenvalue weighted by atomic mass is 10.0. The number of anilines is 1. The summed E-state index contributed by atoms with van der Waals surface area (Å²) in [5.74, 6) is 1.68. The van der Waals surface area contributed by atoms with Gasteiger partial charge in [0.25, 0.3) is 0 Å². The van der Waals surface area contributed by atoms with Gasteiger partial charge in [-0.3, -0.25) is 9.00 Å². The van der Waals surface area contributed by atoms with Crippen molar-refractivity contribution in [1.82, 2.24) is 9.55 Å².